The molecule has 0 aliphatic heterocycles. The van der Waals surface area contributed by atoms with Crippen LogP contribution in [0.4, 0.5) is 5.69 Å². The fraction of sp³-hybridized carbons (Fsp3) is 0.333. The fourth-order valence-corrected chi connectivity index (χ4v) is 4.34. The van der Waals surface area contributed by atoms with Crippen LogP contribution >= 0.6 is 0 Å². The van der Waals surface area contributed by atoms with Crippen molar-refractivity contribution in [2.75, 3.05) is 5.73 Å². The molecule has 0 aromatic heterocycles. The number of nitrogen functional groups attached to an aromatic ring is 1. The van der Waals surface area contributed by atoms with Gasteiger partial charge in [-0.25, -0.2) is 13.1 Å². The molecule has 2 aromatic rings. The van der Waals surface area contributed by atoms with Gasteiger partial charge < -0.3 is 10.8 Å². The van der Waals surface area contributed by atoms with Crippen molar-refractivity contribution in [1.29, 1.82) is 0 Å². The summed E-state index contributed by atoms with van der Waals surface area (Å²) in [7, 11) is -3.72. The maximum atomic E-state index is 12.7. The fourth-order valence-electron chi connectivity index (χ4n) is 3.09. The van der Waals surface area contributed by atoms with E-state index >= 15 is 0 Å². The zero-order chi connectivity index (χ0) is 17.3. The molecule has 0 spiro atoms. The second-order valence-corrected chi connectivity index (χ2v) is 7.87. The molecular weight excluding hydrogens is 324 g/mol. The number of benzene rings is 2. The first-order chi connectivity index (χ1) is 11.4. The van der Waals surface area contributed by atoms with E-state index < -0.39 is 22.2 Å². The number of nitrogens with two attached hydrogens (primary N) is 1. The Morgan fingerprint density at radius 3 is 2.58 bits per heavy atom. The summed E-state index contributed by atoms with van der Waals surface area (Å²) < 4.78 is 28.0. The number of hydrogen-bond donors (Lipinski definition) is 3. The number of sulfonamides is 1. The Morgan fingerprint density at radius 2 is 1.92 bits per heavy atom. The average Bonchev–Trinajstić information content (AvgIpc) is 2.57. The zero-order valence-electron chi connectivity index (χ0n) is 13.6. The highest BCUT2D eigenvalue weighted by molar-refractivity contribution is 7.89. The molecule has 1 aliphatic rings. The van der Waals surface area contributed by atoms with Gasteiger partial charge in [-0.3, -0.25) is 0 Å². The van der Waals surface area contributed by atoms with E-state index in [-0.39, 0.29) is 4.90 Å². The van der Waals surface area contributed by atoms with Crippen molar-refractivity contribution >= 4 is 15.7 Å². The maximum absolute atomic E-state index is 12.7. The third-order valence-corrected chi connectivity index (χ3v) is 5.98. The topological polar surface area (TPSA) is 92.4 Å². The first-order valence-electron chi connectivity index (χ1n) is 8.08. The van der Waals surface area contributed by atoms with Gasteiger partial charge in [-0.1, -0.05) is 25.1 Å². The van der Waals surface area contributed by atoms with E-state index in [4.69, 9.17) is 5.73 Å². The molecule has 4 N–H and O–H groups in total. The van der Waals surface area contributed by atoms with Gasteiger partial charge in [0.25, 0.3) is 0 Å². The maximum Gasteiger partial charge on any atom is 0.241 e. The molecule has 0 saturated carbocycles. The Balaban J connectivity index is 1.93. The third kappa shape index (κ3) is 3.31. The number of hydrogen-bond acceptors (Lipinski definition) is 4. The number of aliphatic hydroxyl groups is 1. The molecule has 3 rings (SSSR count). The predicted molar refractivity (Wildman–Crippen MR) is 94.1 cm³/mol. The Morgan fingerprint density at radius 1 is 1.21 bits per heavy atom. The van der Waals surface area contributed by atoms with Gasteiger partial charge in [-0.2, -0.15) is 0 Å². The first-order valence-corrected chi connectivity index (χ1v) is 9.56. The van der Waals surface area contributed by atoms with Crippen molar-refractivity contribution in [3.63, 3.8) is 0 Å². The number of fused-ring (bicyclic) bond motifs is 1. The summed E-state index contributed by atoms with van der Waals surface area (Å²) in [6, 6.07) is 11.5. The summed E-state index contributed by atoms with van der Waals surface area (Å²) in [5.41, 5.74) is 9.24. The number of anilines is 1. The van der Waals surface area contributed by atoms with E-state index in [0.717, 1.165) is 23.1 Å². The van der Waals surface area contributed by atoms with Gasteiger partial charge in [0.05, 0.1) is 17.0 Å². The van der Waals surface area contributed by atoms with Crippen molar-refractivity contribution in [3.8, 4) is 0 Å². The van der Waals surface area contributed by atoms with E-state index in [0.29, 0.717) is 18.5 Å². The lowest BCUT2D eigenvalue weighted by Gasteiger charge is -2.31. The highest BCUT2D eigenvalue weighted by Crippen LogP contribution is 2.32. The first kappa shape index (κ1) is 17.0. The van der Waals surface area contributed by atoms with Gasteiger partial charge in [0.15, 0.2) is 0 Å². The molecule has 2 unspecified atom stereocenters. The van der Waals surface area contributed by atoms with Crippen LogP contribution in [0, 0.1) is 0 Å². The van der Waals surface area contributed by atoms with Gasteiger partial charge in [0.1, 0.15) is 0 Å². The van der Waals surface area contributed by atoms with Crippen molar-refractivity contribution in [1.82, 2.24) is 4.72 Å². The molecule has 6 heteroatoms. The van der Waals surface area contributed by atoms with Crippen LogP contribution in [-0.4, -0.2) is 19.6 Å². The van der Waals surface area contributed by atoms with Gasteiger partial charge in [0.2, 0.25) is 10.0 Å². The van der Waals surface area contributed by atoms with Crippen LogP contribution in [0.25, 0.3) is 0 Å². The van der Waals surface area contributed by atoms with Crippen LogP contribution in [0.3, 0.4) is 0 Å². The molecule has 2 aromatic carbocycles. The van der Waals surface area contributed by atoms with E-state index in [1.165, 1.54) is 0 Å². The van der Waals surface area contributed by atoms with Gasteiger partial charge >= 0.3 is 0 Å². The Labute approximate surface area is 142 Å². The number of aliphatic hydroxyl groups excluding tert-OH is 1. The van der Waals surface area contributed by atoms with Gasteiger partial charge in [-0.05, 0) is 60.2 Å². The highest BCUT2D eigenvalue weighted by atomic mass is 32.2. The molecular formula is C18H22N2O3S. The normalized spacial score (nSPS) is 20.6. The van der Waals surface area contributed by atoms with E-state index in [1.54, 1.807) is 36.4 Å². The van der Waals surface area contributed by atoms with Crippen LogP contribution in [0.15, 0.2) is 47.4 Å². The number of rotatable bonds is 4. The lowest BCUT2D eigenvalue weighted by molar-refractivity contribution is 0.121. The molecule has 2 atom stereocenters. The highest BCUT2D eigenvalue weighted by Gasteiger charge is 2.32. The van der Waals surface area contributed by atoms with Gasteiger partial charge in [0, 0.05) is 5.69 Å². The second-order valence-electron chi connectivity index (χ2n) is 6.16. The second kappa shape index (κ2) is 6.55. The Hall–Kier alpha value is -1.89. The largest absolute Gasteiger partial charge is 0.399 e. The lowest BCUT2D eigenvalue weighted by atomic mass is 9.86. The molecule has 0 amide bonds. The lowest BCUT2D eigenvalue weighted by Crippen LogP contribution is -2.39. The molecule has 24 heavy (non-hydrogen) atoms. The summed E-state index contributed by atoms with van der Waals surface area (Å²) in [6.07, 6.45) is 1.30. The van der Waals surface area contributed by atoms with Crippen LogP contribution in [0.1, 0.15) is 36.1 Å². The molecule has 0 bridgehead atoms. The van der Waals surface area contributed by atoms with E-state index in [9.17, 15) is 13.5 Å². The minimum absolute atomic E-state index is 0.197. The molecule has 0 fully saturated rings. The predicted octanol–water partition coefficient (Wildman–Crippen LogP) is 2.16. The summed E-state index contributed by atoms with van der Waals surface area (Å²) >= 11 is 0. The SMILES string of the molecule is CCc1ccc(S(=O)(=O)NC2c3cc(N)ccc3CCC2O)cc1. The smallest absolute Gasteiger partial charge is 0.241 e. The minimum Gasteiger partial charge on any atom is -0.399 e. The third-order valence-electron chi connectivity index (χ3n) is 4.52. The summed E-state index contributed by atoms with van der Waals surface area (Å²) in [6.45, 7) is 2.02. The molecule has 128 valence electrons. The molecule has 0 heterocycles. The average molecular weight is 346 g/mol. The number of aryl methyl sites for hydroxylation is 2. The molecule has 1 aliphatic carbocycles. The van der Waals surface area contributed by atoms with E-state index in [2.05, 4.69) is 4.72 Å². The van der Waals surface area contributed by atoms with Crippen molar-refractivity contribution < 1.29 is 13.5 Å². The summed E-state index contributed by atoms with van der Waals surface area (Å²) in [5, 5.41) is 10.3. The van der Waals surface area contributed by atoms with E-state index in [1.807, 2.05) is 13.0 Å². The van der Waals surface area contributed by atoms with Crippen molar-refractivity contribution in [2.24, 2.45) is 0 Å². The van der Waals surface area contributed by atoms with Crippen molar-refractivity contribution in [3.05, 3.63) is 59.2 Å². The van der Waals surface area contributed by atoms with Crippen LogP contribution in [0.2, 0.25) is 0 Å². The minimum atomic E-state index is -3.72. The molecule has 0 saturated heterocycles. The standard InChI is InChI=1S/C18H22N2O3S/c1-2-12-3-8-15(9-4-12)24(22,23)20-18-16-11-14(19)7-5-13(16)6-10-17(18)21/h3-5,7-9,11,17-18,20-21H,2,6,10,19H2,1H3. The van der Waals surface area contributed by atoms with Crippen LogP contribution in [-0.2, 0) is 22.9 Å². The monoisotopic (exact) mass is 346 g/mol. The van der Waals surface area contributed by atoms with Gasteiger partial charge in [-0.15, -0.1) is 0 Å². The Bertz CT molecular complexity index is 832. The van der Waals surface area contributed by atoms with Crippen LogP contribution in [0.5, 0.6) is 0 Å². The number of nitrogens with one attached hydrogen (secondary N) is 1. The quantitative estimate of drug-likeness (QED) is 0.740. The molecule has 5 nitrogen and oxygen atoms in total. The summed E-state index contributed by atoms with van der Waals surface area (Å²) in [5.74, 6) is 0. The zero-order valence-corrected chi connectivity index (χ0v) is 14.4. The summed E-state index contributed by atoms with van der Waals surface area (Å²) in [4.78, 5) is 0.197. The van der Waals surface area contributed by atoms with Crippen molar-refractivity contribution in [2.45, 2.75) is 43.2 Å². The Kier molecular flexibility index (Phi) is 4.62. The van der Waals surface area contributed by atoms with Crippen LogP contribution < -0.4 is 10.5 Å². The molecule has 0 radical (unpaired) electrons.